The van der Waals surface area contributed by atoms with E-state index in [0.717, 1.165) is 5.01 Å². The Bertz CT molecular complexity index is 466. The molecular formula is C13H18N2S2. The Labute approximate surface area is 111 Å². The normalized spacial score (nSPS) is 13.9. The van der Waals surface area contributed by atoms with Crippen molar-refractivity contribution in [1.82, 2.24) is 10.3 Å². The van der Waals surface area contributed by atoms with E-state index in [1.807, 2.05) is 7.05 Å². The van der Waals surface area contributed by atoms with Crippen molar-refractivity contribution in [3.8, 4) is 0 Å². The minimum absolute atomic E-state index is 0.127. The summed E-state index contributed by atoms with van der Waals surface area (Å²) in [5.41, 5.74) is 2.60. The number of nitrogens with zero attached hydrogens (tertiary/aromatic N) is 1. The van der Waals surface area contributed by atoms with Crippen molar-refractivity contribution in [2.75, 3.05) is 7.05 Å². The molecule has 0 amide bonds. The van der Waals surface area contributed by atoms with Crippen LogP contribution in [0, 0.1) is 0 Å². The Kier molecular flexibility index (Phi) is 3.66. The third-order valence-electron chi connectivity index (χ3n) is 2.70. The molecule has 0 fully saturated rings. The molecule has 2 aromatic heterocycles. The van der Waals surface area contributed by atoms with Gasteiger partial charge in [0.2, 0.25) is 0 Å². The van der Waals surface area contributed by atoms with Crippen LogP contribution in [0.15, 0.2) is 22.2 Å². The Morgan fingerprint density at radius 3 is 2.53 bits per heavy atom. The maximum Gasteiger partial charge on any atom is 0.114 e. The van der Waals surface area contributed by atoms with Crippen LogP contribution in [0.1, 0.15) is 43.1 Å². The van der Waals surface area contributed by atoms with Crippen LogP contribution < -0.4 is 5.32 Å². The summed E-state index contributed by atoms with van der Waals surface area (Å²) in [6, 6.07) is 2.38. The second-order valence-corrected chi connectivity index (χ2v) is 6.77. The molecule has 2 aromatic rings. The average molecular weight is 266 g/mol. The van der Waals surface area contributed by atoms with Crippen molar-refractivity contribution in [2.24, 2.45) is 0 Å². The first-order chi connectivity index (χ1) is 8.02. The predicted molar refractivity (Wildman–Crippen MR) is 76.0 cm³/mol. The van der Waals surface area contributed by atoms with Gasteiger partial charge >= 0.3 is 0 Å². The van der Waals surface area contributed by atoms with E-state index in [4.69, 9.17) is 4.98 Å². The number of hydrogen-bond acceptors (Lipinski definition) is 4. The molecule has 17 heavy (non-hydrogen) atoms. The lowest BCUT2D eigenvalue weighted by molar-refractivity contribution is 0.566. The van der Waals surface area contributed by atoms with E-state index in [9.17, 15) is 0 Å². The fourth-order valence-electron chi connectivity index (χ4n) is 1.64. The fraction of sp³-hybridized carbons (Fsp3) is 0.462. The molecule has 0 saturated carbocycles. The quantitative estimate of drug-likeness (QED) is 0.913. The first-order valence-corrected chi connectivity index (χ1v) is 7.50. The van der Waals surface area contributed by atoms with Gasteiger partial charge in [-0.1, -0.05) is 20.8 Å². The van der Waals surface area contributed by atoms with E-state index >= 15 is 0 Å². The summed E-state index contributed by atoms with van der Waals surface area (Å²) in [4.78, 5) is 4.77. The number of rotatable bonds is 3. The van der Waals surface area contributed by atoms with Crippen molar-refractivity contribution < 1.29 is 0 Å². The molecule has 4 heteroatoms. The molecular weight excluding hydrogens is 248 g/mol. The molecule has 0 aliphatic rings. The van der Waals surface area contributed by atoms with Gasteiger partial charge in [-0.05, 0) is 29.4 Å². The van der Waals surface area contributed by atoms with E-state index in [-0.39, 0.29) is 11.5 Å². The van der Waals surface area contributed by atoms with Gasteiger partial charge in [-0.25, -0.2) is 4.98 Å². The lowest BCUT2D eigenvalue weighted by Crippen LogP contribution is -2.18. The topological polar surface area (TPSA) is 24.9 Å². The maximum atomic E-state index is 4.77. The molecule has 0 spiro atoms. The zero-order valence-corrected chi connectivity index (χ0v) is 12.3. The number of aromatic nitrogens is 1. The highest BCUT2D eigenvalue weighted by Gasteiger charge is 2.21. The van der Waals surface area contributed by atoms with Gasteiger partial charge < -0.3 is 5.32 Å². The molecule has 2 heterocycles. The molecule has 1 atom stereocenters. The standard InChI is InChI=1S/C13H18N2S2/c1-13(2,3)10-8-17-12(15-10)11(14-4)9-5-6-16-7-9/h5-8,11,14H,1-4H3. The average Bonchev–Trinajstić information content (AvgIpc) is 2.87. The van der Waals surface area contributed by atoms with Crippen LogP contribution in [0.25, 0.3) is 0 Å². The minimum atomic E-state index is 0.127. The van der Waals surface area contributed by atoms with E-state index in [1.165, 1.54) is 11.3 Å². The van der Waals surface area contributed by atoms with E-state index in [1.54, 1.807) is 22.7 Å². The summed E-state index contributed by atoms with van der Waals surface area (Å²) < 4.78 is 0. The molecule has 0 aliphatic carbocycles. The van der Waals surface area contributed by atoms with Gasteiger partial charge in [-0.15, -0.1) is 11.3 Å². The molecule has 2 nitrogen and oxygen atoms in total. The Morgan fingerprint density at radius 2 is 2.06 bits per heavy atom. The van der Waals surface area contributed by atoms with E-state index in [2.05, 4.69) is 48.3 Å². The summed E-state index contributed by atoms with van der Waals surface area (Å²) >= 11 is 3.47. The molecule has 1 N–H and O–H groups in total. The van der Waals surface area contributed by atoms with Crippen LogP contribution in [-0.4, -0.2) is 12.0 Å². The Morgan fingerprint density at radius 1 is 1.29 bits per heavy atom. The molecule has 0 saturated heterocycles. The number of thiophene rings is 1. The predicted octanol–water partition coefficient (Wildman–Crippen LogP) is 3.81. The van der Waals surface area contributed by atoms with Crippen LogP contribution in [0.3, 0.4) is 0 Å². The highest BCUT2D eigenvalue weighted by Crippen LogP contribution is 2.30. The van der Waals surface area contributed by atoms with Crippen molar-refractivity contribution in [2.45, 2.75) is 32.2 Å². The van der Waals surface area contributed by atoms with Crippen LogP contribution in [0.5, 0.6) is 0 Å². The second-order valence-electron chi connectivity index (χ2n) is 5.10. The summed E-state index contributed by atoms with van der Waals surface area (Å²) in [6.45, 7) is 6.60. The SMILES string of the molecule is CNC(c1ccsc1)c1nc(C(C)(C)C)cs1. The zero-order chi connectivity index (χ0) is 12.5. The summed E-state index contributed by atoms with van der Waals surface area (Å²) in [6.07, 6.45) is 0. The molecule has 0 radical (unpaired) electrons. The van der Waals surface area contributed by atoms with Crippen LogP contribution >= 0.6 is 22.7 Å². The lowest BCUT2D eigenvalue weighted by Gasteiger charge is -2.15. The first kappa shape index (κ1) is 12.7. The van der Waals surface area contributed by atoms with Crippen LogP contribution in [0.2, 0.25) is 0 Å². The van der Waals surface area contributed by atoms with E-state index < -0.39 is 0 Å². The zero-order valence-electron chi connectivity index (χ0n) is 10.7. The third-order valence-corrected chi connectivity index (χ3v) is 4.31. The van der Waals surface area contributed by atoms with Gasteiger partial charge in [-0.2, -0.15) is 11.3 Å². The highest BCUT2D eigenvalue weighted by atomic mass is 32.1. The van der Waals surface area contributed by atoms with Gasteiger partial charge in [0.1, 0.15) is 5.01 Å². The maximum absolute atomic E-state index is 4.77. The molecule has 0 bridgehead atoms. The minimum Gasteiger partial charge on any atom is -0.307 e. The van der Waals surface area contributed by atoms with E-state index in [0.29, 0.717) is 0 Å². The summed E-state index contributed by atoms with van der Waals surface area (Å²) in [5, 5.41) is 11.0. The first-order valence-electron chi connectivity index (χ1n) is 5.67. The summed E-state index contributed by atoms with van der Waals surface area (Å²) in [7, 11) is 1.99. The smallest absolute Gasteiger partial charge is 0.114 e. The van der Waals surface area contributed by atoms with Gasteiger partial charge in [0.05, 0.1) is 11.7 Å². The molecule has 2 rings (SSSR count). The van der Waals surface area contributed by atoms with Crippen molar-refractivity contribution in [3.05, 3.63) is 38.5 Å². The second kappa shape index (κ2) is 4.88. The molecule has 0 aromatic carbocycles. The van der Waals surface area contributed by atoms with Crippen molar-refractivity contribution in [3.63, 3.8) is 0 Å². The number of thiazole rings is 1. The monoisotopic (exact) mass is 266 g/mol. The van der Waals surface area contributed by atoms with Gasteiger partial charge in [0.25, 0.3) is 0 Å². The van der Waals surface area contributed by atoms with Crippen LogP contribution in [0.4, 0.5) is 0 Å². The lowest BCUT2D eigenvalue weighted by atomic mass is 9.93. The van der Waals surface area contributed by atoms with Gasteiger partial charge in [-0.3, -0.25) is 0 Å². The highest BCUT2D eigenvalue weighted by molar-refractivity contribution is 7.10. The van der Waals surface area contributed by atoms with Gasteiger partial charge in [0, 0.05) is 10.8 Å². The Balaban J connectivity index is 2.30. The molecule has 92 valence electrons. The fourth-order valence-corrected chi connectivity index (χ4v) is 3.50. The number of hydrogen-bond donors (Lipinski definition) is 1. The van der Waals surface area contributed by atoms with Crippen LogP contribution in [-0.2, 0) is 5.41 Å². The largest absolute Gasteiger partial charge is 0.307 e. The Hall–Kier alpha value is -0.710. The number of nitrogens with one attached hydrogen (secondary N) is 1. The molecule has 0 aliphatic heterocycles. The summed E-state index contributed by atoms with van der Waals surface area (Å²) in [5.74, 6) is 0. The molecule has 1 unspecified atom stereocenters. The van der Waals surface area contributed by atoms with Gasteiger partial charge in [0.15, 0.2) is 0 Å². The van der Waals surface area contributed by atoms with Crippen molar-refractivity contribution in [1.29, 1.82) is 0 Å². The van der Waals surface area contributed by atoms with Crippen molar-refractivity contribution >= 4 is 22.7 Å². The third kappa shape index (κ3) is 2.76.